The minimum atomic E-state index is -0.921. The fourth-order valence-electron chi connectivity index (χ4n) is 7.60. The fraction of sp³-hybridized carbons (Fsp3) is 0.720. The molecule has 2 N–H and O–H groups in total. The molecular formula is C25H35N3O3. The van der Waals surface area contributed by atoms with Crippen molar-refractivity contribution >= 4 is 11.0 Å². The van der Waals surface area contributed by atoms with Crippen LogP contribution in [0.2, 0.25) is 0 Å². The highest BCUT2D eigenvalue weighted by molar-refractivity contribution is 5.76. The average Bonchev–Trinajstić information content (AvgIpc) is 3.21. The number of likely N-dealkylation sites (tertiary alicyclic amines) is 1. The van der Waals surface area contributed by atoms with Crippen LogP contribution in [0.4, 0.5) is 0 Å². The van der Waals surface area contributed by atoms with Gasteiger partial charge in [-0.15, -0.1) is 0 Å². The molecule has 6 rings (SSSR count). The molecule has 6 heteroatoms. The standard InChI is InChI=1S/C25H35N3O3/c29-16-20(30)14-27-22-3-1-2-4-23(22)28(24(27)31)19-7-11-26(12-8-19)15-21-17-5-6-18(13-17)25(21)9-10-25/h1-4,17-21,29-30H,5-16H2/t17-,18-,20+,21+/m1/s1. The van der Waals surface area contributed by atoms with Crippen molar-refractivity contribution in [2.75, 3.05) is 26.2 Å². The van der Waals surface area contributed by atoms with Crippen molar-refractivity contribution < 1.29 is 10.2 Å². The molecule has 1 aromatic carbocycles. The van der Waals surface area contributed by atoms with Crippen molar-refractivity contribution in [1.29, 1.82) is 0 Å². The second-order valence-electron chi connectivity index (χ2n) is 10.7. The first-order valence-corrected chi connectivity index (χ1v) is 12.3. The summed E-state index contributed by atoms with van der Waals surface area (Å²) >= 11 is 0. The Labute approximate surface area is 183 Å². The summed E-state index contributed by atoms with van der Waals surface area (Å²) < 4.78 is 3.59. The Kier molecular flexibility index (Phi) is 4.82. The molecule has 1 aromatic heterocycles. The summed E-state index contributed by atoms with van der Waals surface area (Å²) in [6, 6.07) is 8.06. The summed E-state index contributed by atoms with van der Waals surface area (Å²) in [5, 5.41) is 19.2. The molecule has 168 valence electrons. The van der Waals surface area contributed by atoms with E-state index >= 15 is 0 Å². The number of hydrogen-bond acceptors (Lipinski definition) is 4. The van der Waals surface area contributed by atoms with Gasteiger partial charge >= 0.3 is 5.69 Å². The lowest BCUT2D eigenvalue weighted by molar-refractivity contribution is 0.0806. The maximum atomic E-state index is 13.3. The summed E-state index contributed by atoms with van der Waals surface area (Å²) in [6.45, 7) is 3.20. The minimum absolute atomic E-state index is 0.0582. The maximum absolute atomic E-state index is 13.3. The fourth-order valence-corrected chi connectivity index (χ4v) is 7.60. The first-order chi connectivity index (χ1) is 15.1. The van der Waals surface area contributed by atoms with E-state index in [1.807, 2.05) is 28.8 Å². The third-order valence-electron chi connectivity index (χ3n) is 9.27. The van der Waals surface area contributed by atoms with Gasteiger partial charge in [0.1, 0.15) is 0 Å². The van der Waals surface area contributed by atoms with Crippen LogP contribution < -0.4 is 5.69 Å². The number of hydrogen-bond donors (Lipinski definition) is 2. The predicted molar refractivity (Wildman–Crippen MR) is 120 cm³/mol. The number of fused-ring (bicyclic) bond motifs is 4. The number of para-hydroxylation sites is 2. The van der Waals surface area contributed by atoms with Gasteiger partial charge < -0.3 is 15.1 Å². The third kappa shape index (κ3) is 3.13. The molecule has 3 aliphatic carbocycles. The van der Waals surface area contributed by atoms with Crippen molar-refractivity contribution in [1.82, 2.24) is 14.0 Å². The normalized spacial score (nSPS) is 31.1. The van der Waals surface area contributed by atoms with Gasteiger partial charge in [0.2, 0.25) is 0 Å². The first kappa shape index (κ1) is 20.0. The highest BCUT2D eigenvalue weighted by Crippen LogP contribution is 2.71. The zero-order valence-electron chi connectivity index (χ0n) is 18.3. The SMILES string of the molecule is O=c1n(C[C@H](O)CO)c2ccccc2n1C1CCN(C[C@H]2[C@@H]3CC[C@H](C3)C23CC3)CC1. The number of aromatic nitrogens is 2. The van der Waals surface area contributed by atoms with Crippen LogP contribution in [0, 0.1) is 23.2 Å². The smallest absolute Gasteiger partial charge is 0.329 e. The Hall–Kier alpha value is -1.63. The molecule has 2 heterocycles. The van der Waals surface area contributed by atoms with Crippen LogP contribution in [0.3, 0.4) is 0 Å². The van der Waals surface area contributed by atoms with E-state index in [1.54, 1.807) is 4.57 Å². The van der Waals surface area contributed by atoms with Crippen LogP contribution in [-0.4, -0.2) is 56.6 Å². The van der Waals surface area contributed by atoms with Gasteiger partial charge in [0, 0.05) is 25.7 Å². The van der Waals surface area contributed by atoms with Crippen LogP contribution in [-0.2, 0) is 6.54 Å². The molecule has 3 saturated carbocycles. The Morgan fingerprint density at radius 1 is 1.06 bits per heavy atom. The van der Waals surface area contributed by atoms with Gasteiger partial charge in [0.05, 0.1) is 30.3 Å². The number of benzene rings is 1. The second-order valence-corrected chi connectivity index (χ2v) is 10.7. The van der Waals surface area contributed by atoms with Crippen molar-refractivity contribution in [3.05, 3.63) is 34.7 Å². The van der Waals surface area contributed by atoms with Gasteiger partial charge in [0.15, 0.2) is 0 Å². The number of aliphatic hydroxyl groups excluding tert-OH is 2. The molecule has 4 fully saturated rings. The zero-order valence-corrected chi connectivity index (χ0v) is 18.3. The largest absolute Gasteiger partial charge is 0.394 e. The summed E-state index contributed by atoms with van der Waals surface area (Å²) in [4.78, 5) is 16.0. The monoisotopic (exact) mass is 425 g/mol. The average molecular weight is 426 g/mol. The van der Waals surface area contributed by atoms with Gasteiger partial charge in [0.25, 0.3) is 0 Å². The van der Waals surface area contributed by atoms with Crippen molar-refractivity contribution in [3.8, 4) is 0 Å². The van der Waals surface area contributed by atoms with Gasteiger partial charge in [-0.1, -0.05) is 12.1 Å². The van der Waals surface area contributed by atoms with Crippen LogP contribution in [0.5, 0.6) is 0 Å². The van der Waals surface area contributed by atoms with E-state index in [2.05, 4.69) is 4.90 Å². The summed E-state index contributed by atoms with van der Waals surface area (Å²) in [5.74, 6) is 2.93. The van der Waals surface area contributed by atoms with Crippen LogP contribution in [0.15, 0.2) is 29.1 Å². The summed E-state index contributed by atoms with van der Waals surface area (Å²) in [5.41, 5.74) is 2.45. The Balaban J connectivity index is 1.19. The van der Waals surface area contributed by atoms with Gasteiger partial charge in [-0.3, -0.25) is 9.13 Å². The lowest BCUT2D eigenvalue weighted by Gasteiger charge is -2.39. The summed E-state index contributed by atoms with van der Waals surface area (Å²) in [7, 11) is 0. The van der Waals surface area contributed by atoms with Crippen LogP contribution in [0.25, 0.3) is 11.0 Å². The minimum Gasteiger partial charge on any atom is -0.394 e. The number of rotatable bonds is 6. The van der Waals surface area contributed by atoms with Crippen molar-refractivity contribution in [3.63, 3.8) is 0 Å². The quantitative estimate of drug-likeness (QED) is 0.747. The number of nitrogens with zero attached hydrogens (tertiary/aromatic N) is 3. The molecule has 0 unspecified atom stereocenters. The van der Waals surface area contributed by atoms with Gasteiger partial charge in [-0.25, -0.2) is 4.79 Å². The highest BCUT2D eigenvalue weighted by Gasteiger charge is 2.63. The Morgan fingerprint density at radius 3 is 2.52 bits per heavy atom. The first-order valence-electron chi connectivity index (χ1n) is 12.3. The molecule has 0 radical (unpaired) electrons. The third-order valence-corrected chi connectivity index (χ3v) is 9.27. The van der Waals surface area contributed by atoms with E-state index < -0.39 is 6.10 Å². The van der Waals surface area contributed by atoms with Crippen LogP contribution in [0.1, 0.15) is 51.0 Å². The van der Waals surface area contributed by atoms with Crippen molar-refractivity contribution in [2.45, 2.75) is 63.6 Å². The van der Waals surface area contributed by atoms with E-state index in [4.69, 9.17) is 0 Å². The van der Waals surface area contributed by atoms with Crippen LogP contribution >= 0.6 is 0 Å². The molecule has 6 nitrogen and oxygen atoms in total. The lowest BCUT2D eigenvalue weighted by atomic mass is 9.76. The highest BCUT2D eigenvalue weighted by atomic mass is 16.3. The van der Waals surface area contributed by atoms with E-state index in [0.29, 0.717) is 0 Å². The maximum Gasteiger partial charge on any atom is 0.329 e. The summed E-state index contributed by atoms with van der Waals surface area (Å²) in [6.07, 6.45) is 8.48. The van der Waals surface area contributed by atoms with E-state index in [1.165, 1.54) is 38.6 Å². The Morgan fingerprint density at radius 2 is 1.81 bits per heavy atom. The lowest BCUT2D eigenvalue weighted by Crippen LogP contribution is -2.42. The zero-order chi connectivity index (χ0) is 21.2. The number of aliphatic hydroxyl groups is 2. The Bertz CT molecular complexity index is 1010. The molecule has 4 aliphatic rings. The molecule has 0 amide bonds. The predicted octanol–water partition coefficient (Wildman–Crippen LogP) is 2.62. The molecule has 1 spiro atoms. The topological polar surface area (TPSA) is 70.6 Å². The molecule has 1 aliphatic heterocycles. The van der Waals surface area contributed by atoms with Gasteiger partial charge in [-0.05, 0) is 80.2 Å². The molecule has 1 saturated heterocycles. The molecular weight excluding hydrogens is 390 g/mol. The van der Waals surface area contributed by atoms with Gasteiger partial charge in [-0.2, -0.15) is 0 Å². The number of piperidine rings is 1. The molecule has 2 aromatic rings. The van der Waals surface area contributed by atoms with E-state index in [0.717, 1.165) is 60.1 Å². The molecule has 4 atom stereocenters. The van der Waals surface area contributed by atoms with E-state index in [9.17, 15) is 15.0 Å². The second kappa shape index (κ2) is 7.46. The molecule has 31 heavy (non-hydrogen) atoms. The van der Waals surface area contributed by atoms with E-state index in [-0.39, 0.29) is 24.9 Å². The molecule has 2 bridgehead atoms. The number of imidazole rings is 1. The van der Waals surface area contributed by atoms with Crippen molar-refractivity contribution in [2.24, 2.45) is 23.2 Å².